The molecule has 0 aliphatic heterocycles. The highest BCUT2D eigenvalue weighted by Crippen LogP contribution is 2.08. The van der Waals surface area contributed by atoms with Crippen LogP contribution in [-0.4, -0.2) is 30.9 Å². The topological polar surface area (TPSA) is 70.2 Å². The van der Waals surface area contributed by atoms with Gasteiger partial charge in [0.1, 0.15) is 0 Å². The quantitative estimate of drug-likeness (QED) is 0.743. The minimum Gasteiger partial charge on any atom is -0.358 e. The zero-order valence-electron chi connectivity index (χ0n) is 11.8. The molecule has 5 heteroatoms. The molecule has 0 aromatic heterocycles. The fraction of sp³-hybridized carbons (Fsp3) is 0.429. The molecule has 0 radical (unpaired) electrons. The van der Waals surface area contributed by atoms with Crippen molar-refractivity contribution < 1.29 is 9.59 Å². The molecular formula is C14H21N3O2. The van der Waals surface area contributed by atoms with Crippen molar-refractivity contribution in [2.24, 2.45) is 0 Å². The largest absolute Gasteiger partial charge is 0.358 e. The normalized spacial score (nSPS) is 13.5. The highest BCUT2D eigenvalue weighted by atomic mass is 16.2. The van der Waals surface area contributed by atoms with E-state index in [0.29, 0.717) is 0 Å². The molecule has 5 nitrogen and oxygen atoms in total. The van der Waals surface area contributed by atoms with E-state index in [-0.39, 0.29) is 11.8 Å². The first-order chi connectivity index (χ1) is 8.93. The number of nitrogens with one attached hydrogen (secondary N) is 3. The smallest absolute Gasteiger partial charge is 0.241 e. The second kappa shape index (κ2) is 6.89. The Balaban J connectivity index is 2.53. The summed E-state index contributed by atoms with van der Waals surface area (Å²) in [7, 11) is 1.57. The monoisotopic (exact) mass is 263 g/mol. The Kier molecular flexibility index (Phi) is 5.51. The SMILES string of the molecule is CNC(=O)C(C)NC(C)C(=O)Nc1ccc(C)cc1. The Bertz CT molecular complexity index is 443. The van der Waals surface area contributed by atoms with Gasteiger partial charge in [-0.2, -0.15) is 0 Å². The minimum atomic E-state index is -0.450. The fourth-order valence-corrected chi connectivity index (χ4v) is 1.63. The number of amides is 2. The van der Waals surface area contributed by atoms with E-state index in [1.165, 1.54) is 0 Å². The number of carbonyl (C=O) groups is 2. The molecule has 2 atom stereocenters. The molecule has 3 N–H and O–H groups in total. The van der Waals surface area contributed by atoms with Gasteiger partial charge in [0.05, 0.1) is 12.1 Å². The van der Waals surface area contributed by atoms with E-state index in [1.54, 1.807) is 20.9 Å². The summed E-state index contributed by atoms with van der Waals surface area (Å²) in [6.45, 7) is 5.43. The van der Waals surface area contributed by atoms with Gasteiger partial charge in [0.2, 0.25) is 11.8 Å². The molecule has 0 fully saturated rings. The van der Waals surface area contributed by atoms with Gasteiger partial charge in [0.25, 0.3) is 0 Å². The Morgan fingerprint density at radius 3 is 2.05 bits per heavy atom. The third-order valence-electron chi connectivity index (χ3n) is 2.85. The van der Waals surface area contributed by atoms with E-state index in [0.717, 1.165) is 11.3 Å². The number of carbonyl (C=O) groups excluding carboxylic acids is 2. The molecule has 0 heterocycles. The molecule has 104 valence electrons. The molecule has 0 aliphatic carbocycles. The molecule has 2 unspecified atom stereocenters. The molecule has 1 aromatic rings. The van der Waals surface area contributed by atoms with E-state index < -0.39 is 12.1 Å². The van der Waals surface area contributed by atoms with Crippen LogP contribution in [0, 0.1) is 6.92 Å². The number of hydrogen-bond acceptors (Lipinski definition) is 3. The van der Waals surface area contributed by atoms with Crippen LogP contribution in [0.1, 0.15) is 19.4 Å². The van der Waals surface area contributed by atoms with Crippen LogP contribution in [0.4, 0.5) is 5.69 Å². The summed E-state index contributed by atoms with van der Waals surface area (Å²) >= 11 is 0. The Morgan fingerprint density at radius 1 is 1.00 bits per heavy atom. The maximum Gasteiger partial charge on any atom is 0.241 e. The highest BCUT2D eigenvalue weighted by molar-refractivity contribution is 5.95. The van der Waals surface area contributed by atoms with Gasteiger partial charge in [0.15, 0.2) is 0 Å². The van der Waals surface area contributed by atoms with Crippen molar-refractivity contribution in [2.75, 3.05) is 12.4 Å². The van der Waals surface area contributed by atoms with E-state index >= 15 is 0 Å². The first-order valence-electron chi connectivity index (χ1n) is 6.29. The van der Waals surface area contributed by atoms with Crippen molar-refractivity contribution in [1.82, 2.24) is 10.6 Å². The number of anilines is 1. The van der Waals surface area contributed by atoms with Gasteiger partial charge in [-0.25, -0.2) is 0 Å². The third kappa shape index (κ3) is 4.71. The number of hydrogen-bond donors (Lipinski definition) is 3. The molecular weight excluding hydrogens is 242 g/mol. The molecule has 0 saturated carbocycles. The summed E-state index contributed by atoms with van der Waals surface area (Å²) in [5.41, 5.74) is 1.88. The van der Waals surface area contributed by atoms with Crippen molar-refractivity contribution in [2.45, 2.75) is 32.9 Å². The van der Waals surface area contributed by atoms with Crippen LogP contribution < -0.4 is 16.0 Å². The Hall–Kier alpha value is -1.88. The van der Waals surface area contributed by atoms with Gasteiger partial charge in [0, 0.05) is 12.7 Å². The molecule has 0 aliphatic rings. The predicted octanol–water partition coefficient (Wildman–Crippen LogP) is 1.05. The summed E-state index contributed by atoms with van der Waals surface area (Å²) in [4.78, 5) is 23.3. The van der Waals surface area contributed by atoms with Crippen LogP contribution in [-0.2, 0) is 9.59 Å². The highest BCUT2D eigenvalue weighted by Gasteiger charge is 2.18. The summed E-state index contributed by atoms with van der Waals surface area (Å²) < 4.78 is 0. The second-order valence-electron chi connectivity index (χ2n) is 4.58. The summed E-state index contributed by atoms with van der Waals surface area (Å²) in [5.74, 6) is -0.311. The van der Waals surface area contributed by atoms with Gasteiger partial charge in [-0.05, 0) is 32.9 Å². The van der Waals surface area contributed by atoms with Crippen LogP contribution in [0.5, 0.6) is 0 Å². The van der Waals surface area contributed by atoms with Crippen molar-refractivity contribution in [3.8, 4) is 0 Å². The van der Waals surface area contributed by atoms with Crippen LogP contribution >= 0.6 is 0 Å². The zero-order valence-corrected chi connectivity index (χ0v) is 11.8. The average molecular weight is 263 g/mol. The molecule has 0 bridgehead atoms. The van der Waals surface area contributed by atoms with E-state index in [9.17, 15) is 9.59 Å². The van der Waals surface area contributed by atoms with Gasteiger partial charge >= 0.3 is 0 Å². The second-order valence-corrected chi connectivity index (χ2v) is 4.58. The van der Waals surface area contributed by atoms with Crippen LogP contribution in [0.2, 0.25) is 0 Å². The van der Waals surface area contributed by atoms with Gasteiger partial charge in [-0.1, -0.05) is 17.7 Å². The lowest BCUT2D eigenvalue weighted by Crippen LogP contribution is -2.48. The van der Waals surface area contributed by atoms with Crippen LogP contribution in [0.25, 0.3) is 0 Å². The number of aryl methyl sites for hydroxylation is 1. The number of rotatable bonds is 5. The van der Waals surface area contributed by atoms with Crippen molar-refractivity contribution >= 4 is 17.5 Å². The summed E-state index contributed by atoms with van der Waals surface area (Å²) in [5, 5.41) is 8.27. The molecule has 1 rings (SSSR count). The molecule has 2 amide bonds. The lowest BCUT2D eigenvalue weighted by atomic mass is 10.2. The molecule has 19 heavy (non-hydrogen) atoms. The van der Waals surface area contributed by atoms with Crippen LogP contribution in [0.15, 0.2) is 24.3 Å². The third-order valence-corrected chi connectivity index (χ3v) is 2.85. The maximum atomic E-state index is 11.9. The maximum absolute atomic E-state index is 11.9. The number of benzene rings is 1. The average Bonchev–Trinajstić information content (AvgIpc) is 2.40. The predicted molar refractivity (Wildman–Crippen MR) is 75.9 cm³/mol. The van der Waals surface area contributed by atoms with Crippen molar-refractivity contribution in [3.63, 3.8) is 0 Å². The molecule has 0 saturated heterocycles. The first-order valence-corrected chi connectivity index (χ1v) is 6.29. The van der Waals surface area contributed by atoms with Gasteiger partial charge < -0.3 is 10.6 Å². The zero-order chi connectivity index (χ0) is 14.4. The standard InChI is InChI=1S/C14H21N3O2/c1-9-5-7-12(8-6-9)17-14(19)11(3)16-10(2)13(18)15-4/h5-8,10-11,16H,1-4H3,(H,15,18)(H,17,19). The van der Waals surface area contributed by atoms with E-state index in [2.05, 4.69) is 16.0 Å². The van der Waals surface area contributed by atoms with Gasteiger partial charge in [-0.3, -0.25) is 14.9 Å². The van der Waals surface area contributed by atoms with E-state index in [1.807, 2.05) is 31.2 Å². The fourth-order valence-electron chi connectivity index (χ4n) is 1.63. The van der Waals surface area contributed by atoms with Crippen molar-refractivity contribution in [3.05, 3.63) is 29.8 Å². The van der Waals surface area contributed by atoms with Crippen molar-refractivity contribution in [1.29, 1.82) is 0 Å². The van der Waals surface area contributed by atoms with Crippen LogP contribution in [0.3, 0.4) is 0 Å². The molecule has 0 spiro atoms. The van der Waals surface area contributed by atoms with E-state index in [4.69, 9.17) is 0 Å². The summed E-state index contributed by atoms with van der Waals surface area (Å²) in [6.07, 6.45) is 0. The number of likely N-dealkylation sites (N-methyl/N-ethyl adjacent to an activating group) is 1. The van der Waals surface area contributed by atoms with Gasteiger partial charge in [-0.15, -0.1) is 0 Å². The lowest BCUT2D eigenvalue weighted by molar-refractivity contribution is -0.123. The summed E-state index contributed by atoms with van der Waals surface area (Å²) in [6, 6.07) is 6.70. The first kappa shape index (κ1) is 15.2. The Morgan fingerprint density at radius 2 is 1.53 bits per heavy atom. The lowest BCUT2D eigenvalue weighted by Gasteiger charge is -2.18. The Labute approximate surface area is 113 Å². The molecule has 1 aromatic carbocycles. The minimum absolute atomic E-state index is 0.144.